The summed E-state index contributed by atoms with van der Waals surface area (Å²) in [7, 11) is 0. The van der Waals surface area contributed by atoms with Crippen molar-refractivity contribution < 1.29 is 27.5 Å². The quantitative estimate of drug-likeness (QED) is 0.929. The molecule has 1 N–H and O–H groups in total. The first-order chi connectivity index (χ1) is 9.29. The van der Waals surface area contributed by atoms with Crippen molar-refractivity contribution in [3.8, 4) is 11.3 Å². The fourth-order valence-corrected chi connectivity index (χ4v) is 1.91. The Labute approximate surface area is 112 Å². The second-order valence-electron chi connectivity index (χ2n) is 4.33. The highest BCUT2D eigenvalue weighted by Gasteiger charge is 2.34. The molecule has 0 aliphatic rings. The molecule has 0 radical (unpaired) electrons. The first-order valence-corrected chi connectivity index (χ1v) is 5.76. The van der Waals surface area contributed by atoms with Gasteiger partial charge in [0.25, 0.3) is 0 Å². The highest BCUT2D eigenvalue weighted by atomic mass is 19.4. The van der Waals surface area contributed by atoms with Crippen molar-refractivity contribution in [2.24, 2.45) is 0 Å². The fourth-order valence-electron chi connectivity index (χ4n) is 1.91. The van der Waals surface area contributed by atoms with Gasteiger partial charge in [0.05, 0.1) is 5.56 Å². The molecule has 0 unspecified atom stereocenters. The summed E-state index contributed by atoms with van der Waals surface area (Å²) < 4.78 is 44.0. The van der Waals surface area contributed by atoms with E-state index in [0.29, 0.717) is 5.56 Å². The van der Waals surface area contributed by atoms with Gasteiger partial charge in [0.15, 0.2) is 0 Å². The van der Waals surface area contributed by atoms with E-state index in [1.807, 2.05) is 0 Å². The normalized spacial score (nSPS) is 11.6. The van der Waals surface area contributed by atoms with Gasteiger partial charge in [0.2, 0.25) is 0 Å². The van der Waals surface area contributed by atoms with Crippen molar-refractivity contribution in [1.82, 2.24) is 0 Å². The molecule has 2 rings (SSSR count). The molecule has 0 bridgehead atoms. The first kappa shape index (κ1) is 14.2. The number of halogens is 3. The molecule has 0 spiro atoms. The van der Waals surface area contributed by atoms with Crippen LogP contribution in [0.1, 0.15) is 16.9 Å². The Morgan fingerprint density at radius 3 is 2.55 bits per heavy atom. The van der Waals surface area contributed by atoms with E-state index in [-0.39, 0.29) is 23.5 Å². The lowest BCUT2D eigenvalue weighted by molar-refractivity contribution is -0.138. The molecule has 1 aromatic carbocycles. The summed E-state index contributed by atoms with van der Waals surface area (Å²) in [6.45, 7) is 1.60. The lowest BCUT2D eigenvalue weighted by Gasteiger charge is -2.10. The Morgan fingerprint density at radius 1 is 1.30 bits per heavy atom. The predicted octanol–water partition coefficient (Wildman–Crippen LogP) is 3.90. The molecule has 0 aliphatic carbocycles. The molecule has 0 fully saturated rings. The van der Waals surface area contributed by atoms with Gasteiger partial charge < -0.3 is 9.52 Å². The summed E-state index contributed by atoms with van der Waals surface area (Å²) in [6.07, 6.45) is -4.86. The number of carboxylic acids is 1. The largest absolute Gasteiger partial charge is 0.481 e. The van der Waals surface area contributed by atoms with Crippen LogP contribution in [0.3, 0.4) is 0 Å². The van der Waals surface area contributed by atoms with Crippen LogP contribution in [0.5, 0.6) is 0 Å². The minimum atomic E-state index is -4.50. The Hall–Kier alpha value is -2.24. The maximum Gasteiger partial charge on any atom is 0.417 e. The second kappa shape index (κ2) is 5.03. The van der Waals surface area contributed by atoms with Gasteiger partial charge in [-0.05, 0) is 24.6 Å². The van der Waals surface area contributed by atoms with E-state index in [1.54, 1.807) is 6.92 Å². The molecule has 3 nitrogen and oxygen atoms in total. The molecule has 0 amide bonds. The van der Waals surface area contributed by atoms with E-state index < -0.39 is 17.7 Å². The van der Waals surface area contributed by atoms with E-state index in [9.17, 15) is 18.0 Å². The summed E-state index contributed by atoms with van der Waals surface area (Å²) >= 11 is 0. The van der Waals surface area contributed by atoms with Crippen molar-refractivity contribution in [1.29, 1.82) is 0 Å². The lowest BCUT2D eigenvalue weighted by Crippen LogP contribution is -2.06. The molecule has 0 aliphatic heterocycles. The highest BCUT2D eigenvalue weighted by Crippen LogP contribution is 2.38. The van der Waals surface area contributed by atoms with Gasteiger partial charge in [-0.25, -0.2) is 0 Å². The molecule has 0 atom stereocenters. The fraction of sp³-hybridized carbons (Fsp3) is 0.214. The topological polar surface area (TPSA) is 50.4 Å². The maximum absolute atomic E-state index is 12.9. The van der Waals surface area contributed by atoms with Gasteiger partial charge in [-0.3, -0.25) is 4.79 Å². The monoisotopic (exact) mass is 284 g/mol. The molecule has 6 heteroatoms. The summed E-state index contributed by atoms with van der Waals surface area (Å²) in [6, 6.07) is 6.44. The van der Waals surface area contributed by atoms with Crippen LogP contribution in [-0.4, -0.2) is 11.1 Å². The smallest absolute Gasteiger partial charge is 0.417 e. The minimum Gasteiger partial charge on any atom is -0.481 e. The molecule has 1 heterocycles. The standard InChI is InChI=1S/C14H11F3O3/c1-8-6-12(20-11(8)7-13(18)19)9-4-2-3-5-10(9)14(15,16)17/h2-6H,7H2,1H3,(H,18,19). The van der Waals surface area contributed by atoms with Crippen LogP contribution in [0, 0.1) is 6.92 Å². The Bertz CT molecular complexity index is 641. The Balaban J connectivity index is 2.50. The van der Waals surface area contributed by atoms with Crippen LogP contribution in [0.4, 0.5) is 13.2 Å². The van der Waals surface area contributed by atoms with Gasteiger partial charge in [-0.15, -0.1) is 0 Å². The zero-order valence-electron chi connectivity index (χ0n) is 10.5. The van der Waals surface area contributed by atoms with Gasteiger partial charge in [0, 0.05) is 5.56 Å². The number of carbonyl (C=O) groups is 1. The molecule has 1 aromatic heterocycles. The van der Waals surface area contributed by atoms with Crippen molar-refractivity contribution in [3.05, 3.63) is 47.2 Å². The van der Waals surface area contributed by atoms with Crippen LogP contribution >= 0.6 is 0 Å². The van der Waals surface area contributed by atoms with Crippen molar-refractivity contribution in [3.63, 3.8) is 0 Å². The van der Waals surface area contributed by atoms with Crippen LogP contribution < -0.4 is 0 Å². The summed E-state index contributed by atoms with van der Waals surface area (Å²) in [5.74, 6) is -0.922. The van der Waals surface area contributed by atoms with Gasteiger partial charge in [-0.1, -0.05) is 18.2 Å². The Morgan fingerprint density at radius 2 is 1.95 bits per heavy atom. The van der Waals surface area contributed by atoms with Gasteiger partial charge in [0.1, 0.15) is 17.9 Å². The number of rotatable bonds is 3. The molecule has 0 saturated carbocycles. The van der Waals surface area contributed by atoms with E-state index in [0.717, 1.165) is 6.07 Å². The minimum absolute atomic E-state index is 0.0201. The van der Waals surface area contributed by atoms with Crippen LogP contribution in [0.2, 0.25) is 0 Å². The van der Waals surface area contributed by atoms with Crippen molar-refractivity contribution >= 4 is 5.97 Å². The third-order valence-corrected chi connectivity index (χ3v) is 2.83. The average Bonchev–Trinajstić information content (AvgIpc) is 2.69. The number of aliphatic carboxylic acids is 1. The van der Waals surface area contributed by atoms with E-state index in [2.05, 4.69) is 0 Å². The highest BCUT2D eigenvalue weighted by molar-refractivity contribution is 5.71. The number of carboxylic acid groups (broad SMARTS) is 1. The van der Waals surface area contributed by atoms with E-state index in [1.165, 1.54) is 24.3 Å². The molecular formula is C14H11F3O3. The number of alkyl halides is 3. The second-order valence-corrected chi connectivity index (χ2v) is 4.33. The molecule has 20 heavy (non-hydrogen) atoms. The SMILES string of the molecule is Cc1cc(-c2ccccc2C(F)(F)F)oc1CC(=O)O. The summed E-state index contributed by atoms with van der Waals surface area (Å²) in [4.78, 5) is 10.7. The van der Waals surface area contributed by atoms with Gasteiger partial charge >= 0.3 is 12.1 Å². The zero-order chi connectivity index (χ0) is 14.9. The number of hydrogen-bond acceptors (Lipinski definition) is 2. The maximum atomic E-state index is 12.9. The number of aryl methyl sites for hydroxylation is 1. The molecular weight excluding hydrogens is 273 g/mol. The molecule has 2 aromatic rings. The average molecular weight is 284 g/mol. The first-order valence-electron chi connectivity index (χ1n) is 5.76. The van der Waals surface area contributed by atoms with Gasteiger partial charge in [-0.2, -0.15) is 13.2 Å². The predicted molar refractivity (Wildman–Crippen MR) is 65.2 cm³/mol. The van der Waals surface area contributed by atoms with Crippen LogP contribution in [0.25, 0.3) is 11.3 Å². The number of benzene rings is 1. The Kier molecular flexibility index (Phi) is 3.57. The van der Waals surface area contributed by atoms with Crippen molar-refractivity contribution in [2.75, 3.05) is 0 Å². The van der Waals surface area contributed by atoms with Crippen molar-refractivity contribution in [2.45, 2.75) is 19.5 Å². The van der Waals surface area contributed by atoms with E-state index >= 15 is 0 Å². The summed E-state index contributed by atoms with van der Waals surface area (Å²) in [5, 5.41) is 8.72. The molecule has 0 saturated heterocycles. The van der Waals surface area contributed by atoms with E-state index in [4.69, 9.17) is 9.52 Å². The van der Waals surface area contributed by atoms with Crippen LogP contribution in [-0.2, 0) is 17.4 Å². The number of hydrogen-bond donors (Lipinski definition) is 1. The third kappa shape index (κ3) is 2.84. The molecule has 106 valence electrons. The summed E-state index contributed by atoms with van der Waals surface area (Å²) in [5.41, 5.74) is -0.394. The van der Waals surface area contributed by atoms with Crippen LogP contribution in [0.15, 0.2) is 34.7 Å². The number of furan rings is 1. The zero-order valence-corrected chi connectivity index (χ0v) is 10.5. The third-order valence-electron chi connectivity index (χ3n) is 2.83. The lowest BCUT2D eigenvalue weighted by atomic mass is 10.0.